The van der Waals surface area contributed by atoms with Crippen LogP contribution < -0.4 is 4.74 Å². The molecule has 0 aliphatic heterocycles. The fourth-order valence-electron chi connectivity index (χ4n) is 2.27. The van der Waals surface area contributed by atoms with E-state index in [1.807, 2.05) is 43.5 Å². The average molecular weight is 392 g/mol. The maximum absolute atomic E-state index is 11.4. The van der Waals surface area contributed by atoms with E-state index >= 15 is 0 Å². The number of esters is 1. The average Bonchev–Trinajstić information content (AvgIpc) is 2.57. The lowest BCUT2D eigenvalue weighted by molar-refractivity contribution is -0.142. The van der Waals surface area contributed by atoms with Crippen LogP contribution in [0.15, 0.2) is 41.0 Å². The van der Waals surface area contributed by atoms with E-state index in [0.29, 0.717) is 13.2 Å². The van der Waals surface area contributed by atoms with Gasteiger partial charge in [-0.3, -0.25) is 9.78 Å². The van der Waals surface area contributed by atoms with E-state index < -0.39 is 0 Å². The number of benzene rings is 1. The summed E-state index contributed by atoms with van der Waals surface area (Å²) < 4.78 is 11.8. The highest BCUT2D eigenvalue weighted by Crippen LogP contribution is 2.25. The molecule has 0 N–H and O–H groups in total. The molecule has 0 spiro atoms. The molecule has 1 heterocycles. The first-order chi connectivity index (χ1) is 11.6. The monoisotopic (exact) mass is 391 g/mol. The summed E-state index contributed by atoms with van der Waals surface area (Å²) in [6.07, 6.45) is 3.84. The molecule has 0 fully saturated rings. The van der Waals surface area contributed by atoms with Gasteiger partial charge in [-0.1, -0.05) is 28.1 Å². The summed E-state index contributed by atoms with van der Waals surface area (Å²) in [7, 11) is 0. The first kappa shape index (κ1) is 18.5. The summed E-state index contributed by atoms with van der Waals surface area (Å²) in [5.74, 6) is 0.669. The Labute approximate surface area is 151 Å². The molecule has 0 bridgehead atoms. The molecule has 1 aromatic heterocycles. The lowest BCUT2D eigenvalue weighted by Crippen LogP contribution is -2.08. The minimum absolute atomic E-state index is 0.222. The number of ether oxygens (including phenoxy) is 2. The first-order valence-corrected chi connectivity index (χ1v) is 8.86. The SMILES string of the molecule is CCOC(=O)Cc1ccc(CCCOc2cccc(Br)c2C)cn1. The number of rotatable bonds is 8. The maximum atomic E-state index is 11.4. The van der Waals surface area contributed by atoms with Crippen molar-refractivity contribution in [3.63, 3.8) is 0 Å². The molecule has 0 atom stereocenters. The Kier molecular flexibility index (Phi) is 7.25. The lowest BCUT2D eigenvalue weighted by atomic mass is 10.1. The minimum atomic E-state index is -0.240. The van der Waals surface area contributed by atoms with E-state index in [0.717, 1.165) is 39.9 Å². The lowest BCUT2D eigenvalue weighted by Gasteiger charge is -2.10. The van der Waals surface area contributed by atoms with Gasteiger partial charge >= 0.3 is 5.97 Å². The third kappa shape index (κ3) is 5.64. The molecule has 0 saturated heterocycles. The third-order valence-electron chi connectivity index (χ3n) is 3.60. The fourth-order valence-corrected chi connectivity index (χ4v) is 2.62. The Morgan fingerprint density at radius 3 is 2.79 bits per heavy atom. The van der Waals surface area contributed by atoms with Gasteiger partial charge < -0.3 is 9.47 Å². The largest absolute Gasteiger partial charge is 0.493 e. The second-order valence-corrected chi connectivity index (χ2v) is 6.31. The molecule has 0 amide bonds. The van der Waals surface area contributed by atoms with E-state index in [-0.39, 0.29) is 12.4 Å². The van der Waals surface area contributed by atoms with Gasteiger partial charge in [-0.25, -0.2) is 0 Å². The van der Waals surface area contributed by atoms with Gasteiger partial charge in [0.15, 0.2) is 0 Å². The fraction of sp³-hybridized carbons (Fsp3) is 0.368. The van der Waals surface area contributed by atoms with E-state index in [9.17, 15) is 4.79 Å². The highest BCUT2D eigenvalue weighted by atomic mass is 79.9. The number of nitrogens with zero attached hydrogens (tertiary/aromatic N) is 1. The van der Waals surface area contributed by atoms with Gasteiger partial charge in [-0.15, -0.1) is 0 Å². The number of halogens is 1. The molecule has 0 aliphatic rings. The van der Waals surface area contributed by atoms with Crippen molar-refractivity contribution >= 4 is 21.9 Å². The smallest absolute Gasteiger partial charge is 0.311 e. The molecular formula is C19H22BrNO3. The Bertz CT molecular complexity index is 671. The molecule has 2 aromatic rings. The quantitative estimate of drug-likeness (QED) is 0.497. The molecule has 0 unspecified atom stereocenters. The summed E-state index contributed by atoms with van der Waals surface area (Å²) in [4.78, 5) is 15.7. The normalized spacial score (nSPS) is 10.5. The highest BCUT2D eigenvalue weighted by molar-refractivity contribution is 9.10. The second kappa shape index (κ2) is 9.42. The molecule has 128 valence electrons. The Morgan fingerprint density at radius 2 is 2.08 bits per heavy atom. The van der Waals surface area contributed by atoms with Crippen molar-refractivity contribution in [1.82, 2.24) is 4.98 Å². The first-order valence-electron chi connectivity index (χ1n) is 8.07. The van der Waals surface area contributed by atoms with Crippen molar-refractivity contribution < 1.29 is 14.3 Å². The van der Waals surface area contributed by atoms with E-state index in [4.69, 9.17) is 9.47 Å². The van der Waals surface area contributed by atoms with Crippen LogP contribution in [0, 0.1) is 6.92 Å². The highest BCUT2D eigenvalue weighted by Gasteiger charge is 2.06. The summed E-state index contributed by atoms with van der Waals surface area (Å²) in [5.41, 5.74) is 2.98. The summed E-state index contributed by atoms with van der Waals surface area (Å²) in [6, 6.07) is 9.84. The van der Waals surface area contributed by atoms with Gasteiger partial charge in [0.1, 0.15) is 5.75 Å². The molecule has 2 rings (SSSR count). The van der Waals surface area contributed by atoms with E-state index in [2.05, 4.69) is 20.9 Å². The summed E-state index contributed by atoms with van der Waals surface area (Å²) in [6.45, 7) is 4.88. The Balaban J connectivity index is 1.76. The van der Waals surface area contributed by atoms with Gasteiger partial charge in [0.2, 0.25) is 0 Å². The van der Waals surface area contributed by atoms with Crippen LogP contribution >= 0.6 is 15.9 Å². The van der Waals surface area contributed by atoms with Crippen molar-refractivity contribution in [1.29, 1.82) is 0 Å². The molecular weight excluding hydrogens is 370 g/mol. The molecule has 4 nitrogen and oxygen atoms in total. The van der Waals surface area contributed by atoms with Crippen molar-refractivity contribution in [2.45, 2.75) is 33.1 Å². The predicted octanol–water partition coefficient (Wildman–Crippen LogP) is 4.27. The van der Waals surface area contributed by atoms with Crippen molar-refractivity contribution in [2.75, 3.05) is 13.2 Å². The number of aryl methyl sites for hydroxylation is 1. The van der Waals surface area contributed by atoms with Gasteiger partial charge in [0.25, 0.3) is 0 Å². The number of carbonyl (C=O) groups is 1. The van der Waals surface area contributed by atoms with Crippen molar-refractivity contribution in [3.05, 3.63) is 57.8 Å². The molecule has 24 heavy (non-hydrogen) atoms. The molecule has 0 saturated carbocycles. The molecule has 1 aromatic carbocycles. The van der Waals surface area contributed by atoms with Gasteiger partial charge in [0.05, 0.1) is 25.3 Å². The van der Waals surface area contributed by atoms with Crippen LogP contribution in [0.5, 0.6) is 5.75 Å². The van der Waals surface area contributed by atoms with Crippen molar-refractivity contribution in [2.24, 2.45) is 0 Å². The minimum Gasteiger partial charge on any atom is -0.493 e. The van der Waals surface area contributed by atoms with Crippen LogP contribution in [0.4, 0.5) is 0 Å². The zero-order valence-electron chi connectivity index (χ0n) is 14.0. The standard InChI is InChI=1S/C19H22BrNO3/c1-3-23-19(22)12-16-10-9-15(13-21-16)6-5-11-24-18-8-4-7-17(20)14(18)2/h4,7-10,13H,3,5-6,11-12H2,1-2H3. The van der Waals surface area contributed by atoms with Crippen molar-refractivity contribution in [3.8, 4) is 5.75 Å². The van der Waals surface area contributed by atoms with Crippen LogP contribution in [0.1, 0.15) is 30.2 Å². The van der Waals surface area contributed by atoms with Crippen LogP contribution in [0.25, 0.3) is 0 Å². The van der Waals surface area contributed by atoms with Crippen LogP contribution in [0.3, 0.4) is 0 Å². The van der Waals surface area contributed by atoms with Crippen LogP contribution in [0.2, 0.25) is 0 Å². The predicted molar refractivity (Wildman–Crippen MR) is 97.3 cm³/mol. The number of pyridine rings is 1. The number of carbonyl (C=O) groups excluding carboxylic acids is 1. The van der Waals surface area contributed by atoms with Gasteiger partial charge in [-0.05, 0) is 50.5 Å². The summed E-state index contributed by atoms with van der Waals surface area (Å²) in [5, 5.41) is 0. The summed E-state index contributed by atoms with van der Waals surface area (Å²) >= 11 is 3.50. The second-order valence-electron chi connectivity index (χ2n) is 5.45. The van der Waals surface area contributed by atoms with Crippen LogP contribution in [-0.4, -0.2) is 24.2 Å². The maximum Gasteiger partial charge on any atom is 0.311 e. The third-order valence-corrected chi connectivity index (χ3v) is 4.46. The van der Waals surface area contributed by atoms with Gasteiger partial charge in [-0.2, -0.15) is 0 Å². The molecule has 0 aliphatic carbocycles. The van der Waals surface area contributed by atoms with E-state index in [1.165, 1.54) is 0 Å². The Hall–Kier alpha value is -1.88. The number of aromatic nitrogens is 1. The topological polar surface area (TPSA) is 48.4 Å². The molecule has 0 radical (unpaired) electrons. The Morgan fingerprint density at radius 1 is 1.25 bits per heavy atom. The molecule has 5 heteroatoms. The van der Waals surface area contributed by atoms with Gasteiger partial charge in [0, 0.05) is 16.2 Å². The zero-order valence-corrected chi connectivity index (χ0v) is 15.6. The zero-order chi connectivity index (χ0) is 17.4. The number of hydrogen-bond acceptors (Lipinski definition) is 4. The number of hydrogen-bond donors (Lipinski definition) is 0. The van der Waals surface area contributed by atoms with Crippen LogP contribution in [-0.2, 0) is 22.4 Å². The van der Waals surface area contributed by atoms with E-state index in [1.54, 1.807) is 6.92 Å².